The number of benzene rings is 1. The molecule has 3 heteroatoms. The summed E-state index contributed by atoms with van der Waals surface area (Å²) < 4.78 is 0. The molecule has 1 saturated carbocycles. The lowest BCUT2D eigenvalue weighted by atomic mass is 10.0. The van der Waals surface area contributed by atoms with E-state index in [0.717, 1.165) is 11.6 Å². The fourth-order valence-corrected chi connectivity index (χ4v) is 2.40. The highest BCUT2D eigenvalue weighted by molar-refractivity contribution is 6.33. The van der Waals surface area contributed by atoms with Crippen LogP contribution in [0.15, 0.2) is 48.8 Å². The van der Waals surface area contributed by atoms with Gasteiger partial charge in [0.15, 0.2) is 0 Å². The number of nitrogens with one attached hydrogen (secondary N) is 1. The molecule has 1 aromatic heterocycles. The van der Waals surface area contributed by atoms with Crippen molar-refractivity contribution >= 4 is 17.3 Å². The van der Waals surface area contributed by atoms with E-state index >= 15 is 0 Å². The van der Waals surface area contributed by atoms with E-state index < -0.39 is 0 Å². The molecule has 0 bridgehead atoms. The highest BCUT2D eigenvalue weighted by Crippen LogP contribution is 2.43. The minimum atomic E-state index is 0.353. The van der Waals surface area contributed by atoms with Gasteiger partial charge in [-0.2, -0.15) is 0 Å². The molecule has 3 rings (SSSR count). The molecule has 1 atom stereocenters. The molecule has 0 amide bonds. The summed E-state index contributed by atoms with van der Waals surface area (Å²) in [6.45, 7) is 0. The van der Waals surface area contributed by atoms with Gasteiger partial charge in [-0.05, 0) is 30.4 Å². The predicted octanol–water partition coefficient (Wildman–Crippen LogP) is 4.30. The lowest BCUT2D eigenvalue weighted by molar-refractivity contribution is 0.679. The summed E-state index contributed by atoms with van der Waals surface area (Å²) in [7, 11) is 0. The maximum absolute atomic E-state index is 6.16. The van der Waals surface area contributed by atoms with Crippen LogP contribution in [0, 0.1) is 5.92 Å². The van der Waals surface area contributed by atoms with Crippen LogP contribution < -0.4 is 5.32 Å². The predicted molar refractivity (Wildman–Crippen MR) is 74.8 cm³/mol. The Labute approximate surface area is 112 Å². The van der Waals surface area contributed by atoms with E-state index in [9.17, 15) is 0 Å². The smallest absolute Gasteiger partial charge is 0.0820 e. The first kappa shape index (κ1) is 11.5. The number of nitrogens with zero attached hydrogens (tertiary/aromatic N) is 1. The van der Waals surface area contributed by atoms with E-state index in [1.165, 1.54) is 18.4 Å². The first-order chi connectivity index (χ1) is 8.84. The number of pyridine rings is 1. The Morgan fingerprint density at radius 2 is 1.94 bits per heavy atom. The maximum Gasteiger partial charge on any atom is 0.0820 e. The molecule has 0 radical (unpaired) electrons. The molecular formula is C15H15ClN2. The Bertz CT molecular complexity index is 523. The van der Waals surface area contributed by atoms with E-state index in [1.54, 1.807) is 12.4 Å². The third-order valence-electron chi connectivity index (χ3n) is 3.34. The first-order valence-corrected chi connectivity index (χ1v) is 6.63. The Kier molecular flexibility index (Phi) is 3.20. The summed E-state index contributed by atoms with van der Waals surface area (Å²) in [6.07, 6.45) is 6.02. The zero-order chi connectivity index (χ0) is 12.4. The Balaban J connectivity index is 1.86. The number of anilines is 1. The van der Waals surface area contributed by atoms with E-state index in [-0.39, 0.29) is 0 Å². The average Bonchev–Trinajstić information content (AvgIpc) is 3.23. The van der Waals surface area contributed by atoms with Crippen molar-refractivity contribution in [3.63, 3.8) is 0 Å². The van der Waals surface area contributed by atoms with Crippen molar-refractivity contribution in [2.45, 2.75) is 18.9 Å². The van der Waals surface area contributed by atoms with Gasteiger partial charge in [0.1, 0.15) is 0 Å². The molecule has 0 aliphatic heterocycles. The van der Waals surface area contributed by atoms with Crippen LogP contribution in [0.5, 0.6) is 0 Å². The van der Waals surface area contributed by atoms with Crippen molar-refractivity contribution in [2.24, 2.45) is 5.92 Å². The van der Waals surface area contributed by atoms with Crippen LogP contribution in [0.1, 0.15) is 24.4 Å². The lowest BCUT2D eigenvalue weighted by Gasteiger charge is -2.20. The van der Waals surface area contributed by atoms with Crippen LogP contribution in [-0.2, 0) is 0 Å². The van der Waals surface area contributed by atoms with Crippen LogP contribution in [0.2, 0.25) is 5.02 Å². The van der Waals surface area contributed by atoms with Gasteiger partial charge in [0, 0.05) is 12.4 Å². The van der Waals surface area contributed by atoms with Crippen molar-refractivity contribution in [3.8, 4) is 0 Å². The Morgan fingerprint density at radius 3 is 2.61 bits per heavy atom. The van der Waals surface area contributed by atoms with Gasteiger partial charge in [-0.3, -0.25) is 4.98 Å². The van der Waals surface area contributed by atoms with E-state index in [2.05, 4.69) is 34.6 Å². The van der Waals surface area contributed by atoms with Gasteiger partial charge in [-0.15, -0.1) is 0 Å². The highest BCUT2D eigenvalue weighted by atomic mass is 35.5. The molecule has 2 aromatic rings. The van der Waals surface area contributed by atoms with Gasteiger partial charge in [0.25, 0.3) is 0 Å². The summed E-state index contributed by atoms with van der Waals surface area (Å²) in [5, 5.41) is 4.23. The minimum absolute atomic E-state index is 0.353. The molecule has 1 unspecified atom stereocenters. The Hall–Kier alpha value is -1.54. The van der Waals surface area contributed by atoms with E-state index in [1.807, 2.05) is 12.1 Å². The van der Waals surface area contributed by atoms with Crippen LogP contribution in [0.3, 0.4) is 0 Å². The zero-order valence-electron chi connectivity index (χ0n) is 10.0. The van der Waals surface area contributed by atoms with Gasteiger partial charge in [-0.1, -0.05) is 41.9 Å². The maximum atomic E-state index is 6.16. The number of hydrogen-bond donors (Lipinski definition) is 1. The average molecular weight is 259 g/mol. The fraction of sp³-hybridized carbons (Fsp3) is 0.267. The zero-order valence-corrected chi connectivity index (χ0v) is 10.8. The molecule has 1 aromatic carbocycles. The largest absolute Gasteiger partial charge is 0.377 e. The van der Waals surface area contributed by atoms with Crippen molar-refractivity contribution in [3.05, 3.63) is 59.4 Å². The molecule has 1 fully saturated rings. The number of halogens is 1. The third kappa shape index (κ3) is 2.49. The highest BCUT2D eigenvalue weighted by Gasteiger charge is 2.32. The second kappa shape index (κ2) is 4.99. The molecule has 18 heavy (non-hydrogen) atoms. The quantitative estimate of drug-likeness (QED) is 0.885. The molecule has 1 heterocycles. The molecule has 0 saturated heterocycles. The molecule has 92 valence electrons. The van der Waals surface area contributed by atoms with Crippen LogP contribution in [0.25, 0.3) is 0 Å². The van der Waals surface area contributed by atoms with Gasteiger partial charge < -0.3 is 5.32 Å². The van der Waals surface area contributed by atoms with Crippen molar-refractivity contribution in [1.82, 2.24) is 4.98 Å². The number of rotatable bonds is 4. The van der Waals surface area contributed by atoms with E-state index in [4.69, 9.17) is 11.6 Å². The van der Waals surface area contributed by atoms with Crippen LogP contribution in [-0.4, -0.2) is 4.98 Å². The normalized spacial score (nSPS) is 16.3. The van der Waals surface area contributed by atoms with Gasteiger partial charge >= 0.3 is 0 Å². The van der Waals surface area contributed by atoms with Gasteiger partial charge in [0.05, 0.1) is 16.8 Å². The monoisotopic (exact) mass is 258 g/mol. The molecule has 2 nitrogen and oxygen atoms in total. The molecule has 1 aliphatic rings. The van der Waals surface area contributed by atoms with Gasteiger partial charge in [-0.25, -0.2) is 0 Å². The molecule has 1 aliphatic carbocycles. The van der Waals surface area contributed by atoms with Crippen molar-refractivity contribution < 1.29 is 0 Å². The van der Waals surface area contributed by atoms with Crippen molar-refractivity contribution in [2.75, 3.05) is 5.32 Å². The SMILES string of the molecule is Clc1cnccc1NC(c1ccccc1)C1CC1. The third-order valence-corrected chi connectivity index (χ3v) is 3.64. The topological polar surface area (TPSA) is 24.9 Å². The second-order valence-electron chi connectivity index (χ2n) is 4.73. The fourth-order valence-electron chi connectivity index (χ4n) is 2.22. The van der Waals surface area contributed by atoms with E-state index in [0.29, 0.717) is 11.1 Å². The first-order valence-electron chi connectivity index (χ1n) is 6.25. The standard InChI is InChI=1S/C15H15ClN2/c16-13-10-17-9-8-14(13)18-15(12-6-7-12)11-4-2-1-3-5-11/h1-5,8-10,12,15H,6-7H2,(H,17,18). The molecule has 1 N–H and O–H groups in total. The summed E-state index contributed by atoms with van der Waals surface area (Å²) in [4.78, 5) is 4.01. The minimum Gasteiger partial charge on any atom is -0.377 e. The molecular weight excluding hydrogens is 244 g/mol. The molecule has 0 spiro atoms. The summed E-state index contributed by atoms with van der Waals surface area (Å²) >= 11 is 6.16. The second-order valence-corrected chi connectivity index (χ2v) is 5.13. The van der Waals surface area contributed by atoms with Gasteiger partial charge in [0.2, 0.25) is 0 Å². The number of hydrogen-bond acceptors (Lipinski definition) is 2. The van der Waals surface area contributed by atoms with Crippen molar-refractivity contribution in [1.29, 1.82) is 0 Å². The summed E-state index contributed by atoms with van der Waals surface area (Å²) in [5.74, 6) is 0.719. The number of aromatic nitrogens is 1. The summed E-state index contributed by atoms with van der Waals surface area (Å²) in [5.41, 5.74) is 2.29. The van der Waals surface area contributed by atoms with Crippen LogP contribution >= 0.6 is 11.6 Å². The lowest BCUT2D eigenvalue weighted by Crippen LogP contribution is -2.13. The van der Waals surface area contributed by atoms with Crippen LogP contribution in [0.4, 0.5) is 5.69 Å². The summed E-state index contributed by atoms with van der Waals surface area (Å²) in [6, 6.07) is 12.8. The Morgan fingerprint density at radius 1 is 1.17 bits per heavy atom.